The van der Waals surface area contributed by atoms with Gasteiger partial charge in [0.15, 0.2) is 0 Å². The minimum atomic E-state index is -0.857. The highest BCUT2D eigenvalue weighted by Crippen LogP contribution is 2.17. The second-order valence-electron chi connectivity index (χ2n) is 5.36. The Morgan fingerprint density at radius 1 is 1.39 bits per heavy atom. The van der Waals surface area contributed by atoms with E-state index < -0.39 is 17.7 Å². The maximum atomic E-state index is 12.0. The second-order valence-corrected chi connectivity index (χ2v) is 5.36. The standard InChI is InChI=1S/C12H21NO5/c1-12(2,3)18-11(16)13(9-7-17-8-9)6-4-5-10(14)15/h9H,4-8H2,1-3H3,(H,14,15). The summed E-state index contributed by atoms with van der Waals surface area (Å²) in [6.45, 7) is 6.78. The third-order valence-electron chi connectivity index (χ3n) is 2.48. The third-order valence-corrected chi connectivity index (χ3v) is 2.48. The monoisotopic (exact) mass is 259 g/mol. The van der Waals surface area contributed by atoms with Crippen LogP contribution in [0.2, 0.25) is 0 Å². The SMILES string of the molecule is CC(C)(C)OC(=O)N(CCCC(=O)O)C1COC1. The Kier molecular flexibility index (Phi) is 4.95. The quantitative estimate of drug-likeness (QED) is 0.809. The summed E-state index contributed by atoms with van der Waals surface area (Å²) < 4.78 is 10.4. The molecule has 0 bridgehead atoms. The molecule has 0 saturated carbocycles. The summed E-state index contributed by atoms with van der Waals surface area (Å²) in [5.74, 6) is -0.857. The predicted octanol–water partition coefficient (Wildman–Crippen LogP) is 1.49. The maximum absolute atomic E-state index is 12.0. The summed E-state index contributed by atoms with van der Waals surface area (Å²) in [4.78, 5) is 24.0. The zero-order valence-corrected chi connectivity index (χ0v) is 11.1. The molecule has 1 saturated heterocycles. The normalized spacial score (nSPS) is 15.9. The molecule has 1 amide bonds. The highest BCUT2D eigenvalue weighted by atomic mass is 16.6. The van der Waals surface area contributed by atoms with E-state index in [0.29, 0.717) is 26.2 Å². The molecule has 0 unspecified atom stereocenters. The van der Waals surface area contributed by atoms with E-state index in [4.69, 9.17) is 14.6 Å². The van der Waals surface area contributed by atoms with Crippen LogP contribution < -0.4 is 0 Å². The van der Waals surface area contributed by atoms with Gasteiger partial charge in [0.1, 0.15) is 5.60 Å². The molecule has 0 spiro atoms. The maximum Gasteiger partial charge on any atom is 0.410 e. The Labute approximate surface area is 107 Å². The first-order valence-corrected chi connectivity index (χ1v) is 6.09. The summed E-state index contributed by atoms with van der Waals surface area (Å²) in [5, 5.41) is 8.60. The van der Waals surface area contributed by atoms with Crippen LogP contribution in [0.4, 0.5) is 4.79 Å². The number of aliphatic carboxylic acids is 1. The van der Waals surface area contributed by atoms with Crippen LogP contribution in [0.5, 0.6) is 0 Å². The number of ether oxygens (including phenoxy) is 2. The van der Waals surface area contributed by atoms with Crippen molar-refractivity contribution in [1.29, 1.82) is 0 Å². The van der Waals surface area contributed by atoms with Gasteiger partial charge in [0.2, 0.25) is 0 Å². The van der Waals surface area contributed by atoms with E-state index in [-0.39, 0.29) is 12.5 Å². The van der Waals surface area contributed by atoms with Gasteiger partial charge in [-0.3, -0.25) is 4.79 Å². The van der Waals surface area contributed by atoms with Gasteiger partial charge in [0.25, 0.3) is 0 Å². The average Bonchev–Trinajstić information content (AvgIpc) is 2.09. The van der Waals surface area contributed by atoms with Gasteiger partial charge in [0, 0.05) is 13.0 Å². The average molecular weight is 259 g/mol. The number of carbonyl (C=O) groups is 2. The van der Waals surface area contributed by atoms with Crippen LogP contribution in [0.3, 0.4) is 0 Å². The number of hydrogen-bond acceptors (Lipinski definition) is 4. The van der Waals surface area contributed by atoms with Crippen molar-refractivity contribution in [1.82, 2.24) is 4.90 Å². The molecule has 1 fully saturated rings. The molecular weight excluding hydrogens is 238 g/mol. The predicted molar refractivity (Wildman–Crippen MR) is 64.4 cm³/mol. The lowest BCUT2D eigenvalue weighted by atomic mass is 10.2. The molecule has 1 rings (SSSR count). The molecule has 1 aliphatic heterocycles. The van der Waals surface area contributed by atoms with E-state index in [9.17, 15) is 9.59 Å². The molecule has 0 aromatic rings. The molecular formula is C12H21NO5. The van der Waals surface area contributed by atoms with Crippen molar-refractivity contribution in [2.24, 2.45) is 0 Å². The Bertz CT molecular complexity index is 306. The number of carboxylic acids is 1. The number of carboxylic acid groups (broad SMARTS) is 1. The first-order chi connectivity index (χ1) is 8.29. The summed E-state index contributed by atoms with van der Waals surface area (Å²) in [6, 6.07) is 0.00800. The van der Waals surface area contributed by atoms with Crippen LogP contribution in [-0.2, 0) is 14.3 Å². The van der Waals surface area contributed by atoms with Crippen molar-refractivity contribution in [3.05, 3.63) is 0 Å². The van der Waals surface area contributed by atoms with Crippen LogP contribution in [0.25, 0.3) is 0 Å². The van der Waals surface area contributed by atoms with E-state index in [1.54, 1.807) is 25.7 Å². The highest BCUT2D eigenvalue weighted by molar-refractivity contribution is 5.69. The number of rotatable bonds is 5. The molecule has 0 atom stereocenters. The van der Waals surface area contributed by atoms with Gasteiger partial charge in [-0.25, -0.2) is 4.79 Å². The smallest absolute Gasteiger partial charge is 0.410 e. The van der Waals surface area contributed by atoms with Crippen molar-refractivity contribution in [3.8, 4) is 0 Å². The van der Waals surface area contributed by atoms with Crippen LogP contribution in [0.15, 0.2) is 0 Å². The van der Waals surface area contributed by atoms with E-state index in [2.05, 4.69) is 0 Å². The zero-order chi connectivity index (χ0) is 13.8. The highest BCUT2D eigenvalue weighted by Gasteiger charge is 2.32. The molecule has 18 heavy (non-hydrogen) atoms. The molecule has 1 N–H and O–H groups in total. The molecule has 0 aromatic carbocycles. The van der Waals surface area contributed by atoms with Crippen molar-refractivity contribution in [2.45, 2.75) is 45.3 Å². The van der Waals surface area contributed by atoms with Gasteiger partial charge >= 0.3 is 12.1 Å². The van der Waals surface area contributed by atoms with Crippen LogP contribution in [-0.4, -0.2) is 53.5 Å². The van der Waals surface area contributed by atoms with Crippen LogP contribution in [0, 0.1) is 0 Å². The minimum absolute atomic E-state index is 0.00800. The summed E-state index contributed by atoms with van der Waals surface area (Å²) >= 11 is 0. The number of carbonyl (C=O) groups excluding carboxylic acids is 1. The van der Waals surface area contributed by atoms with Crippen LogP contribution in [0.1, 0.15) is 33.6 Å². The van der Waals surface area contributed by atoms with Crippen LogP contribution >= 0.6 is 0 Å². The van der Waals surface area contributed by atoms with Gasteiger partial charge in [-0.05, 0) is 27.2 Å². The van der Waals surface area contributed by atoms with E-state index in [1.165, 1.54) is 0 Å². The van der Waals surface area contributed by atoms with Gasteiger partial charge in [-0.1, -0.05) is 0 Å². The van der Waals surface area contributed by atoms with E-state index in [0.717, 1.165) is 0 Å². The fourth-order valence-corrected chi connectivity index (χ4v) is 1.55. The van der Waals surface area contributed by atoms with Crippen molar-refractivity contribution >= 4 is 12.1 Å². The topological polar surface area (TPSA) is 76.1 Å². The fourth-order valence-electron chi connectivity index (χ4n) is 1.55. The van der Waals surface area contributed by atoms with Gasteiger partial charge < -0.3 is 19.5 Å². The van der Waals surface area contributed by atoms with Crippen molar-refractivity contribution in [2.75, 3.05) is 19.8 Å². The second kappa shape index (κ2) is 6.04. The van der Waals surface area contributed by atoms with Gasteiger partial charge in [0.05, 0.1) is 19.3 Å². The fraction of sp³-hybridized carbons (Fsp3) is 0.833. The number of nitrogens with zero attached hydrogens (tertiary/aromatic N) is 1. The summed E-state index contributed by atoms with van der Waals surface area (Å²) in [6.07, 6.45) is 0.0685. The van der Waals surface area contributed by atoms with Gasteiger partial charge in [-0.15, -0.1) is 0 Å². The molecule has 1 heterocycles. The molecule has 6 nitrogen and oxygen atoms in total. The third kappa shape index (κ3) is 4.91. The molecule has 6 heteroatoms. The van der Waals surface area contributed by atoms with Crippen molar-refractivity contribution < 1.29 is 24.2 Å². The lowest BCUT2D eigenvalue weighted by Gasteiger charge is -2.38. The van der Waals surface area contributed by atoms with Gasteiger partial charge in [-0.2, -0.15) is 0 Å². The number of hydrogen-bond donors (Lipinski definition) is 1. The number of amides is 1. The first kappa shape index (κ1) is 14.8. The Hall–Kier alpha value is -1.30. The van der Waals surface area contributed by atoms with E-state index >= 15 is 0 Å². The minimum Gasteiger partial charge on any atom is -0.481 e. The Morgan fingerprint density at radius 2 is 2.00 bits per heavy atom. The van der Waals surface area contributed by atoms with Crippen molar-refractivity contribution in [3.63, 3.8) is 0 Å². The lowest BCUT2D eigenvalue weighted by molar-refractivity contribution is -0.137. The molecule has 0 aliphatic carbocycles. The Balaban J connectivity index is 2.49. The molecule has 0 aromatic heterocycles. The first-order valence-electron chi connectivity index (χ1n) is 6.09. The summed E-state index contributed by atoms with van der Waals surface area (Å²) in [7, 11) is 0. The lowest BCUT2D eigenvalue weighted by Crippen LogP contribution is -2.53. The molecule has 0 radical (unpaired) electrons. The largest absolute Gasteiger partial charge is 0.481 e. The summed E-state index contributed by atoms with van der Waals surface area (Å²) in [5.41, 5.74) is -0.549. The Morgan fingerprint density at radius 3 is 2.39 bits per heavy atom. The molecule has 104 valence electrons. The zero-order valence-electron chi connectivity index (χ0n) is 11.1. The molecule has 1 aliphatic rings. The van der Waals surface area contributed by atoms with E-state index in [1.807, 2.05) is 0 Å².